The molecule has 12 heavy (non-hydrogen) atoms. The first-order valence-electron chi connectivity index (χ1n) is 3.77. The summed E-state index contributed by atoms with van der Waals surface area (Å²) in [6.45, 7) is 3.79. The Bertz CT molecular complexity index is 297. The standard InChI is InChI=1S/C9H12BrNO/c1-5-3-4-7(10)9(12)8(5)6(2)11/h3-4,6,12H,11H2,1-2H3. The fraction of sp³-hybridized carbons (Fsp3) is 0.333. The van der Waals surface area contributed by atoms with E-state index in [1.165, 1.54) is 0 Å². The first-order valence-corrected chi connectivity index (χ1v) is 4.57. The van der Waals surface area contributed by atoms with E-state index in [1.807, 2.05) is 26.0 Å². The second kappa shape index (κ2) is 3.46. The summed E-state index contributed by atoms with van der Waals surface area (Å²) in [5.41, 5.74) is 7.53. The highest BCUT2D eigenvalue weighted by Gasteiger charge is 2.11. The molecule has 3 heteroatoms. The lowest BCUT2D eigenvalue weighted by atomic mass is 10.0. The zero-order chi connectivity index (χ0) is 9.30. The maximum absolute atomic E-state index is 9.62. The van der Waals surface area contributed by atoms with E-state index in [0.29, 0.717) is 4.47 Å². The second-order valence-electron chi connectivity index (χ2n) is 2.92. The van der Waals surface area contributed by atoms with Crippen molar-refractivity contribution in [3.05, 3.63) is 27.7 Å². The van der Waals surface area contributed by atoms with Crippen LogP contribution in [0.25, 0.3) is 0 Å². The highest BCUT2D eigenvalue weighted by Crippen LogP contribution is 2.33. The van der Waals surface area contributed by atoms with Gasteiger partial charge in [0.2, 0.25) is 0 Å². The van der Waals surface area contributed by atoms with E-state index in [1.54, 1.807) is 0 Å². The minimum absolute atomic E-state index is 0.137. The Morgan fingerprint density at radius 3 is 2.50 bits per heavy atom. The molecule has 2 nitrogen and oxygen atoms in total. The van der Waals surface area contributed by atoms with Gasteiger partial charge in [-0.05, 0) is 41.4 Å². The normalized spacial score (nSPS) is 13.0. The molecular formula is C9H12BrNO. The molecule has 0 aromatic heterocycles. The molecule has 1 unspecified atom stereocenters. The Labute approximate surface area is 80.5 Å². The minimum atomic E-state index is -0.137. The van der Waals surface area contributed by atoms with Crippen LogP contribution in [0.3, 0.4) is 0 Å². The van der Waals surface area contributed by atoms with Gasteiger partial charge in [-0.25, -0.2) is 0 Å². The largest absolute Gasteiger partial charge is 0.506 e. The van der Waals surface area contributed by atoms with Gasteiger partial charge in [0, 0.05) is 11.6 Å². The van der Waals surface area contributed by atoms with Crippen LogP contribution >= 0.6 is 15.9 Å². The quantitative estimate of drug-likeness (QED) is 0.778. The van der Waals surface area contributed by atoms with Crippen LogP contribution in [-0.4, -0.2) is 5.11 Å². The first kappa shape index (κ1) is 9.55. The lowest BCUT2D eigenvalue weighted by Gasteiger charge is -2.12. The third-order valence-electron chi connectivity index (χ3n) is 1.84. The molecule has 0 heterocycles. The van der Waals surface area contributed by atoms with Gasteiger partial charge >= 0.3 is 0 Å². The summed E-state index contributed by atoms with van der Waals surface area (Å²) in [6.07, 6.45) is 0. The molecule has 0 aliphatic carbocycles. The Morgan fingerprint density at radius 1 is 1.50 bits per heavy atom. The van der Waals surface area contributed by atoms with E-state index in [-0.39, 0.29) is 11.8 Å². The van der Waals surface area contributed by atoms with Gasteiger partial charge in [-0.2, -0.15) is 0 Å². The molecule has 0 fully saturated rings. The number of nitrogens with two attached hydrogens (primary N) is 1. The van der Waals surface area contributed by atoms with Crippen molar-refractivity contribution in [3.8, 4) is 5.75 Å². The van der Waals surface area contributed by atoms with Gasteiger partial charge < -0.3 is 10.8 Å². The van der Waals surface area contributed by atoms with Crippen LogP contribution < -0.4 is 5.73 Å². The predicted octanol–water partition coefficient (Wildman–Crippen LogP) is 2.48. The molecule has 0 bridgehead atoms. The molecule has 3 N–H and O–H groups in total. The number of phenols is 1. The topological polar surface area (TPSA) is 46.2 Å². The van der Waals surface area contributed by atoms with Crippen LogP contribution in [-0.2, 0) is 0 Å². The SMILES string of the molecule is Cc1ccc(Br)c(O)c1C(C)N. The molecule has 0 aliphatic rings. The summed E-state index contributed by atoms with van der Waals surface area (Å²) in [4.78, 5) is 0. The molecule has 0 saturated carbocycles. The Balaban J connectivity index is 3.33. The van der Waals surface area contributed by atoms with Crippen molar-refractivity contribution in [2.24, 2.45) is 5.73 Å². The molecule has 0 amide bonds. The number of hydrogen-bond donors (Lipinski definition) is 2. The summed E-state index contributed by atoms with van der Waals surface area (Å²) in [5, 5.41) is 9.62. The number of rotatable bonds is 1. The predicted molar refractivity (Wildman–Crippen MR) is 53.1 cm³/mol. The van der Waals surface area contributed by atoms with Gasteiger partial charge in [-0.3, -0.25) is 0 Å². The van der Waals surface area contributed by atoms with Crippen molar-refractivity contribution >= 4 is 15.9 Å². The van der Waals surface area contributed by atoms with Gasteiger partial charge in [0.25, 0.3) is 0 Å². The lowest BCUT2D eigenvalue weighted by molar-refractivity contribution is 0.459. The highest BCUT2D eigenvalue weighted by atomic mass is 79.9. The average Bonchev–Trinajstić information content (AvgIpc) is 1.97. The molecule has 0 radical (unpaired) electrons. The van der Waals surface area contributed by atoms with Crippen LogP contribution in [0.5, 0.6) is 5.75 Å². The number of benzene rings is 1. The van der Waals surface area contributed by atoms with Crippen molar-refractivity contribution < 1.29 is 5.11 Å². The maximum Gasteiger partial charge on any atom is 0.134 e. The van der Waals surface area contributed by atoms with Crippen molar-refractivity contribution in [2.75, 3.05) is 0 Å². The third-order valence-corrected chi connectivity index (χ3v) is 2.48. The first-order chi connectivity index (χ1) is 5.54. The Hall–Kier alpha value is -0.540. The van der Waals surface area contributed by atoms with Crippen LogP contribution in [0.4, 0.5) is 0 Å². The zero-order valence-corrected chi connectivity index (χ0v) is 8.72. The molecule has 1 atom stereocenters. The fourth-order valence-corrected chi connectivity index (χ4v) is 1.60. The zero-order valence-electron chi connectivity index (χ0n) is 7.13. The van der Waals surface area contributed by atoms with Crippen molar-refractivity contribution in [2.45, 2.75) is 19.9 Å². The number of phenolic OH excluding ortho intramolecular Hbond substituents is 1. The average molecular weight is 230 g/mol. The van der Waals surface area contributed by atoms with E-state index in [4.69, 9.17) is 5.73 Å². The van der Waals surface area contributed by atoms with Crippen LogP contribution in [0.2, 0.25) is 0 Å². The van der Waals surface area contributed by atoms with E-state index in [0.717, 1.165) is 11.1 Å². The van der Waals surface area contributed by atoms with Gasteiger partial charge in [0.1, 0.15) is 5.75 Å². The van der Waals surface area contributed by atoms with E-state index >= 15 is 0 Å². The summed E-state index contributed by atoms with van der Waals surface area (Å²) >= 11 is 3.24. The number of hydrogen-bond acceptors (Lipinski definition) is 2. The molecule has 0 spiro atoms. The molecule has 1 rings (SSSR count). The van der Waals surface area contributed by atoms with Crippen LogP contribution in [0.1, 0.15) is 24.1 Å². The maximum atomic E-state index is 9.62. The fourth-order valence-electron chi connectivity index (χ4n) is 1.26. The van der Waals surface area contributed by atoms with Gasteiger partial charge in [-0.1, -0.05) is 6.07 Å². The van der Waals surface area contributed by atoms with E-state index < -0.39 is 0 Å². The van der Waals surface area contributed by atoms with Crippen molar-refractivity contribution in [3.63, 3.8) is 0 Å². The Morgan fingerprint density at radius 2 is 2.08 bits per heavy atom. The molecular weight excluding hydrogens is 218 g/mol. The smallest absolute Gasteiger partial charge is 0.134 e. The summed E-state index contributed by atoms with van der Waals surface area (Å²) < 4.78 is 0.695. The monoisotopic (exact) mass is 229 g/mol. The minimum Gasteiger partial charge on any atom is -0.506 e. The molecule has 66 valence electrons. The number of aryl methyl sites for hydroxylation is 1. The van der Waals surface area contributed by atoms with Crippen molar-refractivity contribution in [1.82, 2.24) is 0 Å². The number of halogens is 1. The van der Waals surface area contributed by atoms with Crippen LogP contribution in [0, 0.1) is 6.92 Å². The van der Waals surface area contributed by atoms with Gasteiger partial charge in [0.05, 0.1) is 4.47 Å². The summed E-state index contributed by atoms with van der Waals surface area (Å²) in [5.74, 6) is 0.255. The Kier molecular flexibility index (Phi) is 2.75. The number of aromatic hydroxyl groups is 1. The van der Waals surface area contributed by atoms with Crippen molar-refractivity contribution in [1.29, 1.82) is 0 Å². The summed E-state index contributed by atoms with van der Waals surface area (Å²) in [7, 11) is 0. The van der Waals surface area contributed by atoms with Crippen LogP contribution in [0.15, 0.2) is 16.6 Å². The third kappa shape index (κ3) is 1.62. The highest BCUT2D eigenvalue weighted by molar-refractivity contribution is 9.10. The van der Waals surface area contributed by atoms with Gasteiger partial charge in [-0.15, -0.1) is 0 Å². The lowest BCUT2D eigenvalue weighted by Crippen LogP contribution is -2.07. The van der Waals surface area contributed by atoms with E-state index in [2.05, 4.69) is 15.9 Å². The second-order valence-corrected chi connectivity index (χ2v) is 3.77. The molecule has 1 aromatic rings. The molecule has 1 aromatic carbocycles. The summed E-state index contributed by atoms with van der Waals surface area (Å²) in [6, 6.07) is 3.61. The van der Waals surface area contributed by atoms with E-state index in [9.17, 15) is 5.11 Å². The van der Waals surface area contributed by atoms with Gasteiger partial charge in [0.15, 0.2) is 0 Å². The molecule has 0 saturated heterocycles. The molecule has 0 aliphatic heterocycles.